The molecule has 25 heavy (non-hydrogen) atoms. The summed E-state index contributed by atoms with van der Waals surface area (Å²) in [5, 5.41) is 2.55. The van der Waals surface area contributed by atoms with Gasteiger partial charge in [-0.05, 0) is 25.5 Å². The Morgan fingerprint density at radius 1 is 1.32 bits per heavy atom. The molecule has 138 valence electrons. The molecule has 0 radical (unpaired) electrons. The number of carbonyl (C=O) groups excluding carboxylic acids is 2. The van der Waals surface area contributed by atoms with Gasteiger partial charge in [0.1, 0.15) is 11.8 Å². The van der Waals surface area contributed by atoms with Gasteiger partial charge in [0.25, 0.3) is 0 Å². The van der Waals surface area contributed by atoms with Gasteiger partial charge < -0.3 is 14.8 Å². The van der Waals surface area contributed by atoms with Gasteiger partial charge in [-0.25, -0.2) is 0 Å². The Morgan fingerprint density at radius 2 is 2.04 bits per heavy atom. The fourth-order valence-corrected chi connectivity index (χ4v) is 2.73. The number of amides is 1. The molecule has 1 N–H and O–H groups in total. The number of benzene rings is 1. The van der Waals surface area contributed by atoms with E-state index in [2.05, 4.69) is 10.1 Å². The van der Waals surface area contributed by atoms with E-state index < -0.39 is 24.3 Å². The molecule has 6 nitrogen and oxygen atoms in total. The number of halogens is 3. The second kappa shape index (κ2) is 8.19. The Hall–Kier alpha value is -2.29. The molecule has 0 aliphatic carbocycles. The molecule has 1 saturated heterocycles. The molecule has 1 aliphatic heterocycles. The van der Waals surface area contributed by atoms with Crippen molar-refractivity contribution in [1.29, 1.82) is 0 Å². The molecule has 0 saturated carbocycles. The third-order valence-corrected chi connectivity index (χ3v) is 3.86. The van der Waals surface area contributed by atoms with Crippen molar-refractivity contribution >= 4 is 11.9 Å². The lowest BCUT2D eigenvalue weighted by Crippen LogP contribution is -2.43. The minimum absolute atomic E-state index is 0.0257. The average Bonchev–Trinajstić information content (AvgIpc) is 3.00. The number of likely N-dealkylation sites (tertiary alicyclic amines) is 1. The zero-order chi connectivity index (χ0) is 18.4. The summed E-state index contributed by atoms with van der Waals surface area (Å²) in [6.45, 7) is 0.449. The zero-order valence-electron chi connectivity index (χ0n) is 13.6. The maximum Gasteiger partial charge on any atom is 0.573 e. The highest BCUT2D eigenvalue weighted by Gasteiger charge is 2.33. The van der Waals surface area contributed by atoms with Crippen LogP contribution in [0, 0.1) is 0 Å². The van der Waals surface area contributed by atoms with Crippen LogP contribution in [-0.4, -0.2) is 49.4 Å². The Balaban J connectivity index is 1.91. The molecule has 1 unspecified atom stereocenters. The molecular weight excluding hydrogens is 341 g/mol. The average molecular weight is 360 g/mol. The number of methoxy groups -OCH3 is 1. The molecule has 1 atom stereocenters. The van der Waals surface area contributed by atoms with Gasteiger partial charge >= 0.3 is 12.3 Å². The highest BCUT2D eigenvalue weighted by atomic mass is 19.4. The minimum Gasteiger partial charge on any atom is -0.468 e. The number of alkyl halides is 3. The number of rotatable bonds is 6. The molecule has 1 heterocycles. The first-order valence-corrected chi connectivity index (χ1v) is 7.72. The molecule has 1 aromatic carbocycles. The van der Waals surface area contributed by atoms with Crippen LogP contribution in [0.1, 0.15) is 18.4 Å². The van der Waals surface area contributed by atoms with Crippen molar-refractivity contribution in [3.8, 4) is 5.75 Å². The summed E-state index contributed by atoms with van der Waals surface area (Å²) in [5.74, 6) is -1.14. The molecule has 9 heteroatoms. The van der Waals surface area contributed by atoms with Gasteiger partial charge in [-0.1, -0.05) is 18.2 Å². The molecule has 0 aromatic heterocycles. The molecule has 2 rings (SSSR count). The molecule has 0 bridgehead atoms. The van der Waals surface area contributed by atoms with E-state index in [4.69, 9.17) is 4.74 Å². The second-order valence-corrected chi connectivity index (χ2v) is 5.58. The van der Waals surface area contributed by atoms with Crippen LogP contribution < -0.4 is 10.1 Å². The normalized spacial score (nSPS) is 18.0. The third kappa shape index (κ3) is 5.63. The van der Waals surface area contributed by atoms with Crippen LogP contribution in [-0.2, 0) is 20.9 Å². The number of nitrogens with one attached hydrogen (secondary N) is 1. The van der Waals surface area contributed by atoms with Crippen molar-refractivity contribution in [1.82, 2.24) is 10.2 Å². The van der Waals surface area contributed by atoms with Crippen LogP contribution in [0.25, 0.3) is 0 Å². The smallest absolute Gasteiger partial charge is 0.468 e. The molecule has 1 aromatic rings. The van der Waals surface area contributed by atoms with Crippen LogP contribution >= 0.6 is 0 Å². The summed E-state index contributed by atoms with van der Waals surface area (Å²) >= 11 is 0. The maximum atomic E-state index is 12.4. The quantitative estimate of drug-likeness (QED) is 0.784. The van der Waals surface area contributed by atoms with Crippen LogP contribution in [0.2, 0.25) is 0 Å². The van der Waals surface area contributed by atoms with Gasteiger partial charge in [0.15, 0.2) is 0 Å². The summed E-state index contributed by atoms with van der Waals surface area (Å²) in [4.78, 5) is 25.4. The summed E-state index contributed by atoms with van der Waals surface area (Å²) < 4.78 is 45.8. The van der Waals surface area contributed by atoms with E-state index >= 15 is 0 Å². The van der Waals surface area contributed by atoms with Gasteiger partial charge in [0.05, 0.1) is 13.7 Å². The second-order valence-electron chi connectivity index (χ2n) is 5.58. The Kier molecular flexibility index (Phi) is 6.24. The molecule has 1 fully saturated rings. The summed E-state index contributed by atoms with van der Waals surface area (Å²) in [5.41, 5.74) is 0.208. The van der Waals surface area contributed by atoms with E-state index in [1.54, 1.807) is 11.0 Å². The number of esters is 1. The van der Waals surface area contributed by atoms with Crippen molar-refractivity contribution in [2.45, 2.75) is 31.8 Å². The number of hydrogen-bond donors (Lipinski definition) is 1. The lowest BCUT2D eigenvalue weighted by Gasteiger charge is -2.21. The van der Waals surface area contributed by atoms with Crippen molar-refractivity contribution in [2.75, 3.05) is 20.2 Å². The maximum absolute atomic E-state index is 12.4. The lowest BCUT2D eigenvalue weighted by atomic mass is 10.2. The Morgan fingerprint density at radius 3 is 2.72 bits per heavy atom. The number of ether oxygens (including phenoxy) is 2. The number of hydrogen-bond acceptors (Lipinski definition) is 5. The van der Waals surface area contributed by atoms with E-state index in [-0.39, 0.29) is 24.4 Å². The predicted molar refractivity (Wildman–Crippen MR) is 81.6 cm³/mol. The molecule has 1 amide bonds. The van der Waals surface area contributed by atoms with Gasteiger partial charge in [-0.15, -0.1) is 13.2 Å². The van der Waals surface area contributed by atoms with Crippen molar-refractivity contribution in [3.05, 3.63) is 29.8 Å². The molecule has 0 spiro atoms. The molecular formula is C16H19F3N2O4. The van der Waals surface area contributed by atoms with Crippen molar-refractivity contribution < 1.29 is 32.2 Å². The summed E-state index contributed by atoms with van der Waals surface area (Å²) in [7, 11) is 1.29. The van der Waals surface area contributed by atoms with Gasteiger partial charge in [-0.2, -0.15) is 0 Å². The molecule has 1 aliphatic rings. The highest BCUT2D eigenvalue weighted by Crippen LogP contribution is 2.26. The number of carbonyl (C=O) groups is 2. The van der Waals surface area contributed by atoms with Gasteiger partial charge in [-0.3, -0.25) is 14.5 Å². The van der Waals surface area contributed by atoms with E-state index in [0.29, 0.717) is 13.0 Å². The Bertz CT molecular complexity index is 622. The minimum atomic E-state index is -4.80. The van der Waals surface area contributed by atoms with Crippen molar-refractivity contribution in [2.24, 2.45) is 0 Å². The van der Waals surface area contributed by atoms with Crippen LogP contribution in [0.5, 0.6) is 5.75 Å². The summed E-state index contributed by atoms with van der Waals surface area (Å²) in [6.07, 6.45) is -3.42. The number of nitrogens with zero attached hydrogens (tertiary/aromatic N) is 1. The summed E-state index contributed by atoms with van der Waals surface area (Å²) in [6, 6.07) is 5.13. The predicted octanol–water partition coefficient (Wildman–Crippen LogP) is 1.84. The zero-order valence-corrected chi connectivity index (χ0v) is 13.6. The standard InChI is InChI=1S/C16H19F3N2O4/c1-24-15(23)12-6-4-8-21(12)10-14(22)20-9-11-5-2-3-7-13(11)25-16(17,18)19/h2-3,5,7,12H,4,6,8-10H2,1H3,(H,20,22). The van der Waals surface area contributed by atoms with Crippen LogP contribution in [0.3, 0.4) is 0 Å². The first-order chi connectivity index (χ1) is 11.8. The van der Waals surface area contributed by atoms with Gasteiger partial charge in [0.2, 0.25) is 5.91 Å². The number of para-hydroxylation sites is 1. The first kappa shape index (κ1) is 19.0. The van der Waals surface area contributed by atoms with E-state index in [0.717, 1.165) is 6.42 Å². The monoisotopic (exact) mass is 360 g/mol. The largest absolute Gasteiger partial charge is 0.573 e. The SMILES string of the molecule is COC(=O)C1CCCN1CC(=O)NCc1ccccc1OC(F)(F)F. The highest BCUT2D eigenvalue weighted by molar-refractivity contribution is 5.80. The van der Waals surface area contributed by atoms with E-state index in [1.165, 1.54) is 25.3 Å². The van der Waals surface area contributed by atoms with E-state index in [1.807, 2.05) is 0 Å². The fraction of sp³-hybridized carbons (Fsp3) is 0.500. The fourth-order valence-electron chi connectivity index (χ4n) is 2.73. The van der Waals surface area contributed by atoms with Crippen LogP contribution in [0.4, 0.5) is 13.2 Å². The topological polar surface area (TPSA) is 67.9 Å². The van der Waals surface area contributed by atoms with Crippen molar-refractivity contribution in [3.63, 3.8) is 0 Å². The lowest BCUT2D eigenvalue weighted by molar-refractivity contribution is -0.274. The third-order valence-electron chi connectivity index (χ3n) is 3.86. The van der Waals surface area contributed by atoms with E-state index in [9.17, 15) is 22.8 Å². The first-order valence-electron chi connectivity index (χ1n) is 7.72. The Labute approximate surface area is 142 Å². The van der Waals surface area contributed by atoms with Gasteiger partial charge in [0, 0.05) is 12.1 Å². The van der Waals surface area contributed by atoms with Crippen LogP contribution in [0.15, 0.2) is 24.3 Å².